The Hall–Kier alpha value is -1.23. The van der Waals surface area contributed by atoms with Gasteiger partial charge in [-0.2, -0.15) is 0 Å². The van der Waals surface area contributed by atoms with Crippen LogP contribution in [0.2, 0.25) is 0 Å². The molecule has 5 unspecified atom stereocenters. The average Bonchev–Trinajstić information content (AvgIpc) is 2.90. The Bertz CT molecular complexity index is 498. The number of aryl methyl sites for hydroxylation is 1. The molecule has 1 saturated carbocycles. The number of aliphatic hydroxyl groups excluding tert-OH is 1. The van der Waals surface area contributed by atoms with Crippen molar-refractivity contribution in [2.45, 2.75) is 63.4 Å². The van der Waals surface area contributed by atoms with E-state index in [-0.39, 0.29) is 24.2 Å². The minimum Gasteiger partial charge on any atom is -0.393 e. The zero-order chi connectivity index (χ0) is 16.8. The molecule has 4 nitrogen and oxygen atoms in total. The minimum absolute atomic E-state index is 0.000183. The van der Waals surface area contributed by atoms with Crippen LogP contribution >= 0.6 is 0 Å². The highest BCUT2D eigenvalue weighted by Crippen LogP contribution is 2.40. The van der Waals surface area contributed by atoms with Crippen molar-refractivity contribution >= 4 is 6.29 Å². The number of carbonyl (C=O) groups is 1. The van der Waals surface area contributed by atoms with Crippen molar-refractivity contribution in [3.63, 3.8) is 0 Å². The van der Waals surface area contributed by atoms with Crippen LogP contribution in [0.1, 0.15) is 44.1 Å². The van der Waals surface area contributed by atoms with Crippen LogP contribution in [0.4, 0.5) is 0 Å². The molecular formula is C20H28O4. The molecule has 1 saturated heterocycles. The Morgan fingerprint density at radius 1 is 1.21 bits per heavy atom. The first-order chi connectivity index (χ1) is 11.8. The maximum Gasteiger partial charge on any atom is 0.157 e. The van der Waals surface area contributed by atoms with Gasteiger partial charge in [-0.05, 0) is 49.5 Å². The zero-order valence-electron chi connectivity index (χ0n) is 14.2. The number of rotatable bonds is 7. The maximum atomic E-state index is 11.0. The summed E-state index contributed by atoms with van der Waals surface area (Å²) < 4.78 is 11.9. The lowest BCUT2D eigenvalue weighted by Crippen LogP contribution is -2.31. The zero-order valence-corrected chi connectivity index (χ0v) is 14.2. The molecule has 2 fully saturated rings. The molecule has 1 aliphatic carbocycles. The number of carbonyl (C=O) groups excluding carboxylic acids is 1. The van der Waals surface area contributed by atoms with Crippen LogP contribution in [0.25, 0.3) is 0 Å². The molecule has 0 radical (unpaired) electrons. The second-order valence-corrected chi connectivity index (χ2v) is 7.03. The Balaban J connectivity index is 1.64. The Labute approximate surface area is 144 Å². The molecule has 0 bridgehead atoms. The van der Waals surface area contributed by atoms with Gasteiger partial charge < -0.3 is 19.4 Å². The second-order valence-electron chi connectivity index (χ2n) is 7.03. The molecule has 2 aliphatic rings. The minimum atomic E-state index is -0.454. The predicted octanol–water partition coefficient (Wildman–Crippen LogP) is 3.12. The summed E-state index contributed by atoms with van der Waals surface area (Å²) in [7, 11) is 0. The lowest BCUT2D eigenvalue weighted by Gasteiger charge is -2.30. The molecule has 0 spiro atoms. The molecule has 0 aromatic heterocycles. The molecule has 1 heterocycles. The van der Waals surface area contributed by atoms with Crippen LogP contribution in [-0.2, 0) is 20.7 Å². The van der Waals surface area contributed by atoms with Gasteiger partial charge in [0, 0.05) is 19.4 Å². The Morgan fingerprint density at radius 3 is 2.75 bits per heavy atom. The monoisotopic (exact) mass is 332 g/mol. The predicted molar refractivity (Wildman–Crippen MR) is 91.5 cm³/mol. The van der Waals surface area contributed by atoms with E-state index in [2.05, 4.69) is 12.1 Å². The van der Waals surface area contributed by atoms with Gasteiger partial charge in [-0.15, -0.1) is 0 Å². The highest BCUT2D eigenvalue weighted by atomic mass is 16.7. The molecule has 1 N–H and O–H groups in total. The highest BCUT2D eigenvalue weighted by Gasteiger charge is 2.43. The third kappa shape index (κ3) is 4.44. The van der Waals surface area contributed by atoms with E-state index in [4.69, 9.17) is 9.47 Å². The van der Waals surface area contributed by atoms with Crippen molar-refractivity contribution in [1.82, 2.24) is 0 Å². The van der Waals surface area contributed by atoms with Gasteiger partial charge in [0.1, 0.15) is 6.29 Å². The SMILES string of the molecule is O=CCC1C(O)CC(OC2CCCCO2)C1CCc1ccccc1. The van der Waals surface area contributed by atoms with Gasteiger partial charge in [-0.3, -0.25) is 0 Å². The molecular weight excluding hydrogens is 304 g/mol. The number of ether oxygens (including phenoxy) is 2. The van der Waals surface area contributed by atoms with Crippen LogP contribution < -0.4 is 0 Å². The van der Waals surface area contributed by atoms with Crippen molar-refractivity contribution in [3.8, 4) is 0 Å². The van der Waals surface area contributed by atoms with E-state index >= 15 is 0 Å². The molecule has 132 valence electrons. The standard InChI is InChI=1S/C20H28O4/c21-12-11-16-17(10-9-15-6-2-1-3-7-15)19(14-18(16)22)24-20-8-4-5-13-23-20/h1-3,6-7,12,16-20,22H,4-5,8-11,13-14H2. The van der Waals surface area contributed by atoms with Crippen LogP contribution in [0, 0.1) is 11.8 Å². The normalized spacial score (nSPS) is 33.5. The Morgan fingerprint density at radius 2 is 2.04 bits per heavy atom. The first-order valence-electron chi connectivity index (χ1n) is 9.20. The fraction of sp³-hybridized carbons (Fsp3) is 0.650. The summed E-state index contributed by atoms with van der Waals surface area (Å²) in [6.07, 6.45) is 6.36. The topological polar surface area (TPSA) is 55.8 Å². The van der Waals surface area contributed by atoms with Gasteiger partial charge in [-0.1, -0.05) is 30.3 Å². The lowest BCUT2D eigenvalue weighted by molar-refractivity contribution is -0.196. The van der Waals surface area contributed by atoms with E-state index in [1.807, 2.05) is 18.2 Å². The van der Waals surface area contributed by atoms with E-state index in [1.54, 1.807) is 0 Å². The van der Waals surface area contributed by atoms with Gasteiger partial charge >= 0.3 is 0 Å². The van der Waals surface area contributed by atoms with E-state index < -0.39 is 6.10 Å². The summed E-state index contributed by atoms with van der Waals surface area (Å²) in [6.45, 7) is 0.756. The number of benzene rings is 1. The van der Waals surface area contributed by atoms with Crippen LogP contribution in [-0.4, -0.2) is 36.5 Å². The van der Waals surface area contributed by atoms with Gasteiger partial charge in [0.05, 0.1) is 12.2 Å². The summed E-state index contributed by atoms with van der Waals surface area (Å²) >= 11 is 0. The van der Waals surface area contributed by atoms with Gasteiger partial charge in [0.15, 0.2) is 6.29 Å². The van der Waals surface area contributed by atoms with E-state index in [9.17, 15) is 9.90 Å². The fourth-order valence-electron chi connectivity index (χ4n) is 4.14. The molecule has 1 aliphatic heterocycles. The van der Waals surface area contributed by atoms with Gasteiger partial charge in [0.2, 0.25) is 0 Å². The molecule has 1 aromatic rings. The largest absolute Gasteiger partial charge is 0.393 e. The fourth-order valence-corrected chi connectivity index (χ4v) is 4.14. The van der Waals surface area contributed by atoms with Crippen molar-refractivity contribution in [2.75, 3.05) is 6.61 Å². The van der Waals surface area contributed by atoms with Crippen LogP contribution in [0.3, 0.4) is 0 Å². The first kappa shape index (κ1) is 17.6. The van der Waals surface area contributed by atoms with Crippen molar-refractivity contribution in [1.29, 1.82) is 0 Å². The van der Waals surface area contributed by atoms with Crippen molar-refractivity contribution in [2.24, 2.45) is 11.8 Å². The number of hydrogen-bond donors (Lipinski definition) is 1. The van der Waals surface area contributed by atoms with E-state index in [0.717, 1.165) is 45.0 Å². The number of aliphatic hydroxyl groups is 1. The molecule has 1 aromatic carbocycles. The first-order valence-corrected chi connectivity index (χ1v) is 9.20. The highest BCUT2D eigenvalue weighted by molar-refractivity contribution is 5.50. The average molecular weight is 332 g/mol. The quantitative estimate of drug-likeness (QED) is 0.780. The summed E-state index contributed by atoms with van der Waals surface area (Å²) in [5, 5.41) is 10.4. The Kier molecular flexibility index (Phi) is 6.41. The number of hydrogen-bond acceptors (Lipinski definition) is 4. The summed E-state index contributed by atoms with van der Waals surface area (Å²) in [6, 6.07) is 10.4. The second kappa shape index (κ2) is 8.75. The molecule has 24 heavy (non-hydrogen) atoms. The molecule has 5 atom stereocenters. The van der Waals surface area contributed by atoms with E-state index in [0.29, 0.717) is 12.8 Å². The van der Waals surface area contributed by atoms with Gasteiger partial charge in [0.25, 0.3) is 0 Å². The molecule has 0 amide bonds. The number of aldehydes is 1. The third-order valence-corrected chi connectivity index (χ3v) is 5.44. The summed E-state index contributed by atoms with van der Waals surface area (Å²) in [5.41, 5.74) is 1.29. The summed E-state index contributed by atoms with van der Waals surface area (Å²) in [4.78, 5) is 11.0. The van der Waals surface area contributed by atoms with Crippen molar-refractivity contribution in [3.05, 3.63) is 35.9 Å². The van der Waals surface area contributed by atoms with E-state index in [1.165, 1.54) is 5.56 Å². The van der Waals surface area contributed by atoms with Gasteiger partial charge in [-0.25, -0.2) is 0 Å². The summed E-state index contributed by atoms with van der Waals surface area (Å²) in [5.74, 6) is 0.204. The smallest absolute Gasteiger partial charge is 0.157 e. The van der Waals surface area contributed by atoms with Crippen LogP contribution in [0.5, 0.6) is 0 Å². The molecule has 3 rings (SSSR count). The van der Waals surface area contributed by atoms with Crippen LogP contribution in [0.15, 0.2) is 30.3 Å². The lowest BCUT2D eigenvalue weighted by atomic mass is 9.86. The maximum absolute atomic E-state index is 11.0. The van der Waals surface area contributed by atoms with Crippen molar-refractivity contribution < 1.29 is 19.4 Å². The third-order valence-electron chi connectivity index (χ3n) is 5.44. The molecule has 4 heteroatoms.